The van der Waals surface area contributed by atoms with Crippen molar-refractivity contribution in [1.82, 2.24) is 19.8 Å². The minimum atomic E-state index is -3.62. The molecule has 0 aromatic heterocycles. The Hall–Kier alpha value is -2.91. The molecular weight excluding hydrogens is 452 g/mol. The molecule has 9 heteroatoms. The number of nitrogens with zero attached hydrogens (tertiary/aromatic N) is 2. The first-order valence-electron chi connectivity index (χ1n) is 11.5. The van der Waals surface area contributed by atoms with Gasteiger partial charge < -0.3 is 15.5 Å². The van der Waals surface area contributed by atoms with Crippen LogP contribution in [0.5, 0.6) is 0 Å². The van der Waals surface area contributed by atoms with Gasteiger partial charge in [-0.2, -0.15) is 4.31 Å². The van der Waals surface area contributed by atoms with Crippen LogP contribution in [0.2, 0.25) is 0 Å². The van der Waals surface area contributed by atoms with Crippen molar-refractivity contribution in [2.24, 2.45) is 5.92 Å². The number of piperazine rings is 1. The lowest BCUT2D eigenvalue weighted by Gasteiger charge is -2.36. The molecule has 1 unspecified atom stereocenters. The predicted octanol–water partition coefficient (Wildman–Crippen LogP) is 2.66. The molecule has 2 aromatic rings. The van der Waals surface area contributed by atoms with E-state index >= 15 is 0 Å². The van der Waals surface area contributed by atoms with Gasteiger partial charge in [0.15, 0.2) is 0 Å². The lowest BCUT2D eigenvalue weighted by atomic mass is 10.0. The fourth-order valence-electron chi connectivity index (χ4n) is 3.85. The lowest BCUT2D eigenvalue weighted by Crippen LogP contribution is -2.58. The van der Waals surface area contributed by atoms with E-state index in [-0.39, 0.29) is 42.9 Å². The zero-order chi connectivity index (χ0) is 24.9. The molecule has 2 aromatic carbocycles. The molecule has 1 aliphatic heterocycles. The molecule has 184 valence electrons. The summed E-state index contributed by atoms with van der Waals surface area (Å²) in [6, 6.07) is 13.5. The Morgan fingerprint density at radius 2 is 1.59 bits per heavy atom. The molecule has 8 nitrogen and oxygen atoms in total. The average Bonchev–Trinajstić information content (AvgIpc) is 2.83. The van der Waals surface area contributed by atoms with Gasteiger partial charge in [-0.15, -0.1) is 0 Å². The van der Waals surface area contributed by atoms with E-state index < -0.39 is 22.1 Å². The quantitative estimate of drug-likeness (QED) is 0.629. The SMILES string of the molecule is Cc1ccc(S(=O)(=O)N2CCN(C(=O)C(NC(=O)NCc3ccccc3)C(C)C)CC2)cc1C. The maximum atomic E-state index is 13.2. The van der Waals surface area contributed by atoms with Crippen LogP contribution in [-0.2, 0) is 21.4 Å². The van der Waals surface area contributed by atoms with Gasteiger partial charge in [-0.05, 0) is 48.6 Å². The van der Waals surface area contributed by atoms with Crippen molar-refractivity contribution in [3.8, 4) is 0 Å². The number of nitrogens with one attached hydrogen (secondary N) is 2. The van der Waals surface area contributed by atoms with Gasteiger partial charge in [-0.1, -0.05) is 50.2 Å². The Kier molecular flexibility index (Phi) is 8.33. The molecule has 3 rings (SSSR count). The molecule has 0 radical (unpaired) electrons. The van der Waals surface area contributed by atoms with E-state index in [0.29, 0.717) is 6.54 Å². The van der Waals surface area contributed by atoms with Crippen molar-refractivity contribution < 1.29 is 18.0 Å². The molecule has 1 heterocycles. The Morgan fingerprint density at radius 3 is 2.18 bits per heavy atom. The van der Waals surface area contributed by atoms with Crippen LogP contribution in [-0.4, -0.2) is 61.8 Å². The molecule has 0 aliphatic carbocycles. The van der Waals surface area contributed by atoms with E-state index in [1.165, 1.54) is 4.31 Å². The number of carbonyl (C=O) groups excluding carboxylic acids is 2. The summed E-state index contributed by atoms with van der Waals surface area (Å²) >= 11 is 0. The number of sulfonamides is 1. The summed E-state index contributed by atoms with van der Waals surface area (Å²) in [5.74, 6) is -0.319. The van der Waals surface area contributed by atoms with Crippen molar-refractivity contribution >= 4 is 22.0 Å². The summed E-state index contributed by atoms with van der Waals surface area (Å²) in [5.41, 5.74) is 2.92. The fraction of sp³-hybridized carbons (Fsp3) is 0.440. The highest BCUT2D eigenvalue weighted by Gasteiger charge is 2.34. The van der Waals surface area contributed by atoms with Gasteiger partial charge in [0.25, 0.3) is 0 Å². The smallest absolute Gasteiger partial charge is 0.315 e. The standard InChI is InChI=1S/C25H34N4O4S/c1-18(2)23(27-25(31)26-17-21-8-6-5-7-9-21)24(30)28-12-14-29(15-13-28)34(32,33)22-11-10-19(3)20(4)16-22/h5-11,16,18,23H,12-15,17H2,1-4H3,(H2,26,27,31). The van der Waals surface area contributed by atoms with Gasteiger partial charge in [0.1, 0.15) is 6.04 Å². The number of carbonyl (C=O) groups is 2. The summed E-state index contributed by atoms with van der Waals surface area (Å²) in [7, 11) is -3.62. The van der Waals surface area contributed by atoms with E-state index in [0.717, 1.165) is 16.7 Å². The number of amides is 3. The number of hydrogen-bond acceptors (Lipinski definition) is 4. The third kappa shape index (κ3) is 6.15. The molecule has 1 aliphatic rings. The summed E-state index contributed by atoms with van der Waals surface area (Å²) in [6.45, 7) is 8.93. The Bertz CT molecular complexity index is 1110. The highest BCUT2D eigenvalue weighted by Crippen LogP contribution is 2.21. The lowest BCUT2D eigenvalue weighted by molar-refractivity contribution is -0.135. The molecule has 2 N–H and O–H groups in total. The van der Waals surface area contributed by atoms with E-state index in [1.807, 2.05) is 64.1 Å². The summed E-state index contributed by atoms with van der Waals surface area (Å²) in [6.07, 6.45) is 0. The number of hydrogen-bond donors (Lipinski definition) is 2. The summed E-state index contributed by atoms with van der Waals surface area (Å²) in [5, 5.41) is 5.58. The van der Waals surface area contributed by atoms with E-state index in [4.69, 9.17) is 0 Å². The molecule has 0 saturated carbocycles. The van der Waals surface area contributed by atoms with Crippen LogP contribution in [0.3, 0.4) is 0 Å². The minimum Gasteiger partial charge on any atom is -0.338 e. The Balaban J connectivity index is 1.58. The highest BCUT2D eigenvalue weighted by atomic mass is 32.2. The summed E-state index contributed by atoms with van der Waals surface area (Å²) < 4.78 is 27.5. The van der Waals surface area contributed by atoms with Gasteiger partial charge in [-0.3, -0.25) is 4.79 Å². The van der Waals surface area contributed by atoms with Gasteiger partial charge in [0.2, 0.25) is 15.9 Å². The van der Waals surface area contributed by atoms with E-state index in [9.17, 15) is 18.0 Å². The van der Waals surface area contributed by atoms with Gasteiger partial charge in [-0.25, -0.2) is 13.2 Å². The second kappa shape index (κ2) is 11.0. The minimum absolute atomic E-state index is 0.118. The molecule has 1 fully saturated rings. The van der Waals surface area contributed by atoms with E-state index in [1.54, 1.807) is 17.0 Å². The van der Waals surface area contributed by atoms with Crippen molar-refractivity contribution in [3.05, 3.63) is 65.2 Å². The molecule has 1 saturated heterocycles. The number of urea groups is 1. The largest absolute Gasteiger partial charge is 0.338 e. The zero-order valence-corrected chi connectivity index (χ0v) is 21.1. The van der Waals surface area contributed by atoms with Crippen molar-refractivity contribution in [3.63, 3.8) is 0 Å². The summed E-state index contributed by atoms with van der Waals surface area (Å²) in [4.78, 5) is 27.5. The normalized spacial score (nSPS) is 15.7. The maximum absolute atomic E-state index is 13.2. The fourth-order valence-corrected chi connectivity index (χ4v) is 5.36. The first-order chi connectivity index (χ1) is 16.1. The third-order valence-electron chi connectivity index (χ3n) is 6.18. The monoisotopic (exact) mass is 486 g/mol. The molecule has 3 amide bonds. The number of aryl methyl sites for hydroxylation is 2. The van der Waals surface area contributed by atoms with Crippen LogP contribution >= 0.6 is 0 Å². The Morgan fingerprint density at radius 1 is 0.941 bits per heavy atom. The van der Waals surface area contributed by atoms with Crippen LogP contribution in [0.15, 0.2) is 53.4 Å². The van der Waals surface area contributed by atoms with Crippen molar-refractivity contribution in [2.75, 3.05) is 26.2 Å². The second-order valence-corrected chi connectivity index (χ2v) is 10.9. The van der Waals surface area contributed by atoms with Crippen LogP contribution in [0, 0.1) is 19.8 Å². The van der Waals surface area contributed by atoms with E-state index in [2.05, 4.69) is 10.6 Å². The highest BCUT2D eigenvalue weighted by molar-refractivity contribution is 7.89. The van der Waals surface area contributed by atoms with Gasteiger partial charge in [0, 0.05) is 32.7 Å². The number of benzene rings is 2. The van der Waals surface area contributed by atoms with Crippen molar-refractivity contribution in [1.29, 1.82) is 0 Å². The molecule has 0 bridgehead atoms. The first-order valence-corrected chi connectivity index (χ1v) is 13.0. The first kappa shape index (κ1) is 25.7. The van der Waals surface area contributed by atoms with Crippen LogP contribution in [0.1, 0.15) is 30.5 Å². The van der Waals surface area contributed by atoms with Gasteiger partial charge in [0.05, 0.1) is 4.90 Å². The van der Waals surface area contributed by atoms with Crippen LogP contribution < -0.4 is 10.6 Å². The van der Waals surface area contributed by atoms with Crippen molar-refractivity contribution in [2.45, 2.75) is 45.2 Å². The van der Waals surface area contributed by atoms with Gasteiger partial charge >= 0.3 is 6.03 Å². The van der Waals surface area contributed by atoms with Crippen LogP contribution in [0.4, 0.5) is 4.79 Å². The Labute approximate surface area is 202 Å². The second-order valence-electron chi connectivity index (χ2n) is 9.01. The topological polar surface area (TPSA) is 98.8 Å². The predicted molar refractivity (Wildman–Crippen MR) is 132 cm³/mol. The average molecular weight is 487 g/mol. The zero-order valence-electron chi connectivity index (χ0n) is 20.2. The molecule has 1 atom stereocenters. The third-order valence-corrected chi connectivity index (χ3v) is 8.08. The van der Waals surface area contributed by atoms with Crippen LogP contribution in [0.25, 0.3) is 0 Å². The maximum Gasteiger partial charge on any atom is 0.315 e. The molecule has 34 heavy (non-hydrogen) atoms. The molecular formula is C25H34N4O4S. The molecule has 0 spiro atoms. The number of rotatable bonds is 7.